The number of nitrogens with zero attached hydrogens (tertiary/aromatic N) is 1. The highest BCUT2D eigenvalue weighted by atomic mass is 79.9. The minimum absolute atomic E-state index is 0.174. The van der Waals surface area contributed by atoms with Gasteiger partial charge in [-0.15, -0.1) is 0 Å². The summed E-state index contributed by atoms with van der Waals surface area (Å²) >= 11 is 9.06. The van der Waals surface area contributed by atoms with Gasteiger partial charge in [-0.2, -0.15) is 0 Å². The Bertz CT molecular complexity index is 435. The van der Waals surface area contributed by atoms with Crippen LogP contribution in [0.1, 0.15) is 29.4 Å². The first kappa shape index (κ1) is 14.2. The molecular formula is C12H14BrClN2O. The van der Waals surface area contributed by atoms with Crippen LogP contribution in [-0.2, 0) is 6.42 Å². The van der Waals surface area contributed by atoms with E-state index in [0.717, 1.165) is 23.0 Å². The zero-order valence-corrected chi connectivity index (χ0v) is 11.9. The summed E-state index contributed by atoms with van der Waals surface area (Å²) in [6, 6.07) is 3.33. The number of nitrogens with one attached hydrogen (secondary N) is 1. The molecule has 1 heterocycles. The molecule has 17 heavy (non-hydrogen) atoms. The van der Waals surface area contributed by atoms with Gasteiger partial charge in [0.2, 0.25) is 0 Å². The predicted molar refractivity (Wildman–Crippen MR) is 73.6 cm³/mol. The molecular weight excluding hydrogens is 304 g/mol. The number of pyridine rings is 1. The van der Waals surface area contributed by atoms with Crippen molar-refractivity contribution in [3.05, 3.63) is 39.6 Å². The van der Waals surface area contributed by atoms with Crippen LogP contribution in [0, 0.1) is 0 Å². The molecule has 1 amide bonds. The zero-order chi connectivity index (χ0) is 12.8. The maximum absolute atomic E-state index is 11.8. The minimum Gasteiger partial charge on any atom is -0.347 e. The first-order chi connectivity index (χ1) is 8.02. The normalized spacial score (nSPS) is 10.1. The minimum atomic E-state index is -0.174. The van der Waals surface area contributed by atoms with Crippen LogP contribution >= 0.6 is 27.5 Å². The first-order valence-corrected chi connectivity index (χ1v) is 6.48. The number of hydrogen-bond acceptors (Lipinski definition) is 2. The highest BCUT2D eigenvalue weighted by molar-refractivity contribution is 9.11. The summed E-state index contributed by atoms with van der Waals surface area (Å²) in [5.74, 6) is -0.174. The number of rotatable bonds is 5. The molecule has 0 saturated heterocycles. The molecule has 1 N–H and O–H groups in total. The SMILES string of the molecule is C=C(Br)CNC(=O)c1cc(Cl)nc(CCC)c1. The van der Waals surface area contributed by atoms with E-state index in [0.29, 0.717) is 17.3 Å². The third-order valence-electron chi connectivity index (χ3n) is 2.06. The second-order valence-electron chi connectivity index (χ2n) is 3.62. The van der Waals surface area contributed by atoms with Crippen molar-refractivity contribution in [2.45, 2.75) is 19.8 Å². The predicted octanol–water partition coefficient (Wildman–Crippen LogP) is 3.33. The molecule has 0 atom stereocenters. The van der Waals surface area contributed by atoms with E-state index in [-0.39, 0.29) is 5.91 Å². The Morgan fingerprint density at radius 3 is 2.88 bits per heavy atom. The smallest absolute Gasteiger partial charge is 0.251 e. The highest BCUT2D eigenvalue weighted by Gasteiger charge is 2.08. The van der Waals surface area contributed by atoms with E-state index in [4.69, 9.17) is 11.6 Å². The lowest BCUT2D eigenvalue weighted by Crippen LogP contribution is -2.24. The fraction of sp³-hybridized carbons (Fsp3) is 0.333. The average molecular weight is 318 g/mol. The number of amides is 1. The first-order valence-electron chi connectivity index (χ1n) is 5.31. The second-order valence-corrected chi connectivity index (χ2v) is 5.13. The van der Waals surface area contributed by atoms with E-state index in [1.807, 2.05) is 0 Å². The lowest BCUT2D eigenvalue weighted by Gasteiger charge is -2.06. The van der Waals surface area contributed by atoms with Crippen molar-refractivity contribution in [3.63, 3.8) is 0 Å². The number of aryl methyl sites for hydroxylation is 1. The van der Waals surface area contributed by atoms with E-state index >= 15 is 0 Å². The summed E-state index contributed by atoms with van der Waals surface area (Å²) in [5, 5.41) is 3.07. The van der Waals surface area contributed by atoms with Crippen LogP contribution in [0.5, 0.6) is 0 Å². The maximum Gasteiger partial charge on any atom is 0.251 e. The number of carbonyl (C=O) groups excluding carboxylic acids is 1. The van der Waals surface area contributed by atoms with Crippen molar-refractivity contribution in [1.29, 1.82) is 0 Å². The van der Waals surface area contributed by atoms with Crippen molar-refractivity contribution in [1.82, 2.24) is 10.3 Å². The fourth-order valence-corrected chi connectivity index (χ4v) is 1.71. The summed E-state index contributed by atoms with van der Waals surface area (Å²) in [6.07, 6.45) is 1.78. The van der Waals surface area contributed by atoms with Crippen molar-refractivity contribution in [2.75, 3.05) is 6.54 Å². The van der Waals surface area contributed by atoms with Crippen LogP contribution in [0.4, 0.5) is 0 Å². The van der Waals surface area contributed by atoms with Crippen molar-refractivity contribution >= 4 is 33.4 Å². The maximum atomic E-state index is 11.8. The second kappa shape index (κ2) is 6.77. The molecule has 0 aromatic carbocycles. The van der Waals surface area contributed by atoms with Gasteiger partial charge in [-0.3, -0.25) is 4.79 Å². The van der Waals surface area contributed by atoms with Gasteiger partial charge < -0.3 is 5.32 Å². The Hall–Kier alpha value is -0.870. The molecule has 0 aliphatic heterocycles. The molecule has 92 valence electrons. The topological polar surface area (TPSA) is 42.0 Å². The molecule has 1 aromatic rings. The molecule has 1 aromatic heterocycles. The number of aromatic nitrogens is 1. The van der Waals surface area contributed by atoms with E-state index in [2.05, 4.69) is 39.7 Å². The Morgan fingerprint density at radius 2 is 2.29 bits per heavy atom. The molecule has 0 fully saturated rings. The molecule has 1 rings (SSSR count). The van der Waals surface area contributed by atoms with Crippen LogP contribution in [0.15, 0.2) is 23.2 Å². The monoisotopic (exact) mass is 316 g/mol. The third kappa shape index (κ3) is 4.88. The largest absolute Gasteiger partial charge is 0.347 e. The Balaban J connectivity index is 2.81. The van der Waals surface area contributed by atoms with E-state index in [1.54, 1.807) is 12.1 Å². The van der Waals surface area contributed by atoms with Crippen LogP contribution < -0.4 is 5.32 Å². The fourth-order valence-electron chi connectivity index (χ4n) is 1.34. The Labute approximate surface area is 114 Å². The molecule has 5 heteroatoms. The van der Waals surface area contributed by atoms with E-state index < -0.39 is 0 Å². The van der Waals surface area contributed by atoms with Crippen LogP contribution in [0.2, 0.25) is 5.15 Å². The molecule has 0 bridgehead atoms. The van der Waals surface area contributed by atoms with Gasteiger partial charge in [0.15, 0.2) is 0 Å². The van der Waals surface area contributed by atoms with Crippen LogP contribution in [0.25, 0.3) is 0 Å². The van der Waals surface area contributed by atoms with Crippen LogP contribution in [0.3, 0.4) is 0 Å². The molecule has 0 spiro atoms. The molecule has 0 radical (unpaired) electrons. The van der Waals surface area contributed by atoms with Crippen molar-refractivity contribution in [2.24, 2.45) is 0 Å². The van der Waals surface area contributed by atoms with Crippen molar-refractivity contribution < 1.29 is 4.79 Å². The quantitative estimate of drug-likeness (QED) is 0.846. The summed E-state index contributed by atoms with van der Waals surface area (Å²) in [4.78, 5) is 16.0. The lowest BCUT2D eigenvalue weighted by atomic mass is 10.1. The number of halogens is 2. The summed E-state index contributed by atoms with van der Waals surface area (Å²) in [7, 11) is 0. The average Bonchev–Trinajstić information content (AvgIpc) is 2.25. The Morgan fingerprint density at radius 1 is 1.59 bits per heavy atom. The van der Waals surface area contributed by atoms with Gasteiger partial charge in [0.25, 0.3) is 5.91 Å². The van der Waals surface area contributed by atoms with Gasteiger partial charge in [0.1, 0.15) is 5.15 Å². The zero-order valence-electron chi connectivity index (χ0n) is 9.59. The molecule has 0 aliphatic carbocycles. The van der Waals surface area contributed by atoms with Gasteiger partial charge in [0.05, 0.1) is 0 Å². The summed E-state index contributed by atoms with van der Waals surface area (Å²) in [6.45, 7) is 6.09. The number of hydrogen-bond donors (Lipinski definition) is 1. The van der Waals surface area contributed by atoms with Gasteiger partial charge in [0, 0.05) is 22.3 Å². The lowest BCUT2D eigenvalue weighted by molar-refractivity contribution is 0.0957. The number of carbonyl (C=O) groups is 1. The van der Waals surface area contributed by atoms with Gasteiger partial charge in [-0.25, -0.2) is 4.98 Å². The van der Waals surface area contributed by atoms with Crippen molar-refractivity contribution in [3.8, 4) is 0 Å². The third-order valence-corrected chi connectivity index (χ3v) is 2.53. The highest BCUT2D eigenvalue weighted by Crippen LogP contribution is 2.12. The molecule has 0 saturated carbocycles. The van der Waals surface area contributed by atoms with Gasteiger partial charge in [-0.1, -0.05) is 47.5 Å². The van der Waals surface area contributed by atoms with Gasteiger partial charge in [-0.05, 0) is 18.6 Å². The van der Waals surface area contributed by atoms with Crippen LogP contribution in [-0.4, -0.2) is 17.4 Å². The van der Waals surface area contributed by atoms with Gasteiger partial charge >= 0.3 is 0 Å². The molecule has 3 nitrogen and oxygen atoms in total. The Kier molecular flexibility index (Phi) is 5.65. The van der Waals surface area contributed by atoms with E-state index in [9.17, 15) is 4.79 Å². The standard InChI is InChI=1S/C12H14BrClN2O/c1-3-4-10-5-9(6-11(14)16-10)12(17)15-7-8(2)13/h5-6H,2-4,7H2,1H3,(H,15,17). The summed E-state index contributed by atoms with van der Waals surface area (Å²) in [5.41, 5.74) is 1.37. The van der Waals surface area contributed by atoms with E-state index in [1.165, 1.54) is 0 Å². The molecule has 0 unspecified atom stereocenters. The molecule has 0 aliphatic rings. The summed E-state index contributed by atoms with van der Waals surface area (Å²) < 4.78 is 0.722.